The van der Waals surface area contributed by atoms with E-state index in [1.54, 1.807) is 72.8 Å². The van der Waals surface area contributed by atoms with E-state index in [0.717, 1.165) is 0 Å². The number of hydrogen-bond acceptors (Lipinski definition) is 2. The van der Waals surface area contributed by atoms with Crippen LogP contribution in [-0.4, -0.2) is 37.2 Å². The second kappa shape index (κ2) is 16.4. The molecule has 8 bridgehead atoms. The smallest absolute Gasteiger partial charge is 0.354 e. The minimum absolute atomic E-state index is 0.0440. The molecule has 0 aliphatic carbocycles. The van der Waals surface area contributed by atoms with E-state index >= 15 is 26.3 Å². The average Bonchev–Trinajstić information content (AvgIpc) is 4.10. The van der Waals surface area contributed by atoms with Gasteiger partial charge in [0.15, 0.2) is 0 Å². The van der Waals surface area contributed by atoms with Gasteiger partial charge in [-0.25, -0.2) is 9.97 Å². The molecule has 3 aromatic heterocycles. The lowest BCUT2D eigenvalue weighted by Gasteiger charge is -2.34. The molecule has 0 amide bonds. The largest absolute Gasteiger partial charge is 0.393 e. The van der Waals surface area contributed by atoms with E-state index in [4.69, 9.17) is 56.4 Å². The normalized spacial score (nSPS) is 13.2. The third-order valence-electron chi connectivity index (χ3n) is 10.9. The number of H-pyrrole nitrogens is 2. The Morgan fingerprint density at radius 1 is 0.385 bits per heavy atom. The Balaban J connectivity index is 1.54. The van der Waals surface area contributed by atoms with Crippen LogP contribution in [0.4, 0.5) is 35.1 Å². The van der Waals surface area contributed by atoms with Crippen LogP contribution in [0.5, 0.6) is 0 Å². The summed E-state index contributed by atoms with van der Waals surface area (Å²) in [6, 6.07) is 28.9. The Morgan fingerprint density at radius 3 is 1.17 bits per heavy atom. The summed E-state index contributed by atoms with van der Waals surface area (Å²) in [5, 5.41) is -4.78. The number of halogens is 13. The number of benzene rings is 4. The predicted molar refractivity (Wildman–Crippen MR) is 245 cm³/mol. The number of nitrogens with zero attached hydrogens (tertiary/aromatic N) is 2. The van der Waals surface area contributed by atoms with Crippen molar-refractivity contribution in [1.82, 2.24) is 19.9 Å². The molecule has 0 unspecified atom stereocenters. The quantitative estimate of drug-likeness (QED) is 0.118. The lowest BCUT2D eigenvalue weighted by Crippen LogP contribution is -2.59. The van der Waals surface area contributed by atoms with Gasteiger partial charge in [0.2, 0.25) is 0 Å². The maximum atomic E-state index is 16.9. The number of nitrogens with one attached hydrogen (secondary N) is 2. The van der Waals surface area contributed by atoms with E-state index < -0.39 is 34.2 Å². The second-order valence-corrected chi connectivity index (χ2v) is 17.2. The number of aromatic amines is 2. The van der Waals surface area contributed by atoms with Gasteiger partial charge in [-0.15, -0.1) is 0 Å². The molecule has 0 saturated heterocycles. The number of alkyl halides is 9. The van der Waals surface area contributed by atoms with Gasteiger partial charge in [0.1, 0.15) is 0 Å². The van der Waals surface area contributed by atoms with E-state index in [2.05, 4.69) is 21.6 Å². The summed E-state index contributed by atoms with van der Waals surface area (Å²) in [6.45, 7) is 0. The molecule has 5 heterocycles. The molecule has 2 N–H and O–H groups in total. The summed E-state index contributed by atoms with van der Waals surface area (Å²) in [5.41, 5.74) is 0.875. The first-order valence-electron chi connectivity index (χ1n) is 19.2. The Labute approximate surface area is 388 Å². The molecular weight excluding hydrogens is 962 g/mol. The Bertz CT molecular complexity index is 3250. The van der Waals surface area contributed by atoms with Gasteiger partial charge in [0.25, 0.3) is 0 Å². The van der Waals surface area contributed by atoms with Gasteiger partial charge in [-0.05, 0) is 125 Å². The van der Waals surface area contributed by atoms with Crippen LogP contribution in [0.25, 0.3) is 90.9 Å². The van der Waals surface area contributed by atoms with Crippen molar-refractivity contribution in [2.24, 2.45) is 0 Å². The van der Waals surface area contributed by atoms with Crippen molar-refractivity contribution in [2.75, 3.05) is 0 Å². The van der Waals surface area contributed by atoms with E-state index in [0.29, 0.717) is 55.3 Å². The molecular formula is C48H25Cl5F8N4. The van der Waals surface area contributed by atoms with Crippen LogP contribution in [0.3, 0.4) is 0 Å². The highest BCUT2D eigenvalue weighted by molar-refractivity contribution is 6.31. The monoisotopic (exact) mass is 984 g/mol. The van der Waals surface area contributed by atoms with Gasteiger partial charge in [-0.3, -0.25) is 0 Å². The van der Waals surface area contributed by atoms with Crippen LogP contribution < -0.4 is 0 Å². The minimum atomic E-state index is -6.80. The Morgan fingerprint density at radius 2 is 0.738 bits per heavy atom. The van der Waals surface area contributed by atoms with Crippen LogP contribution >= 0.6 is 58.0 Å². The number of aromatic nitrogens is 4. The fourth-order valence-electron chi connectivity index (χ4n) is 7.76. The minimum Gasteiger partial charge on any atom is -0.354 e. The summed E-state index contributed by atoms with van der Waals surface area (Å²) in [7, 11) is 0. The average molecular weight is 987 g/mol. The van der Waals surface area contributed by atoms with Crippen molar-refractivity contribution in [1.29, 1.82) is 0 Å². The van der Waals surface area contributed by atoms with Crippen LogP contribution in [0.2, 0.25) is 20.1 Å². The molecule has 328 valence electrons. The molecule has 9 rings (SSSR count). The Kier molecular flexibility index (Phi) is 11.2. The molecule has 4 aromatic carbocycles. The van der Waals surface area contributed by atoms with Crippen LogP contribution in [0, 0.1) is 0 Å². The van der Waals surface area contributed by atoms with Gasteiger partial charge in [0, 0.05) is 58.9 Å². The summed E-state index contributed by atoms with van der Waals surface area (Å²) in [6.07, 6.45) is 6.50. The molecule has 0 fully saturated rings. The van der Waals surface area contributed by atoms with Gasteiger partial charge >= 0.3 is 23.1 Å². The summed E-state index contributed by atoms with van der Waals surface area (Å²) >= 11 is 29.6. The maximum absolute atomic E-state index is 16.9. The molecule has 0 spiro atoms. The zero-order chi connectivity index (χ0) is 46.2. The number of fused-ring (bicyclic) bond motifs is 8. The molecule has 0 saturated carbocycles. The zero-order valence-electron chi connectivity index (χ0n) is 32.6. The summed E-state index contributed by atoms with van der Waals surface area (Å²) in [4.78, 5) is 16.1. The highest BCUT2D eigenvalue weighted by Gasteiger charge is 2.81. The van der Waals surface area contributed by atoms with Crippen molar-refractivity contribution in [2.45, 2.75) is 23.1 Å². The fourth-order valence-corrected chi connectivity index (χ4v) is 8.38. The number of hydrogen-bond donors (Lipinski definition) is 2. The fraction of sp³-hybridized carbons (Fsp3) is 0.0833. The molecule has 17 heteroatoms. The van der Waals surface area contributed by atoms with Crippen LogP contribution in [-0.2, 0) is 5.92 Å². The van der Waals surface area contributed by atoms with Crippen LogP contribution in [0.15, 0.2) is 115 Å². The van der Waals surface area contributed by atoms with Gasteiger partial charge in [-0.1, -0.05) is 94.9 Å². The topological polar surface area (TPSA) is 57.4 Å². The Hall–Kier alpha value is -5.63. The highest BCUT2D eigenvalue weighted by atomic mass is 35.5. The van der Waals surface area contributed by atoms with Crippen molar-refractivity contribution < 1.29 is 35.1 Å². The summed E-state index contributed by atoms with van der Waals surface area (Å²) in [5.74, 6) is -19.6. The first-order chi connectivity index (χ1) is 30.7. The molecule has 7 aromatic rings. The molecule has 0 atom stereocenters. The third kappa shape index (κ3) is 7.78. The van der Waals surface area contributed by atoms with E-state index in [1.807, 2.05) is 0 Å². The first-order valence-corrected chi connectivity index (χ1v) is 21.1. The van der Waals surface area contributed by atoms with Crippen molar-refractivity contribution >= 4 is 104 Å². The van der Waals surface area contributed by atoms with E-state index in [-0.39, 0.29) is 54.7 Å². The van der Waals surface area contributed by atoms with Gasteiger partial charge in [0.05, 0.1) is 33.9 Å². The molecule has 4 nitrogen and oxygen atoms in total. The molecule has 65 heavy (non-hydrogen) atoms. The lowest BCUT2D eigenvalue weighted by molar-refractivity contribution is -0.352. The first kappa shape index (κ1) is 44.6. The second-order valence-electron chi connectivity index (χ2n) is 14.9. The van der Waals surface area contributed by atoms with Crippen molar-refractivity contribution in [3.05, 3.63) is 164 Å². The standard InChI is InChI=1S/C48H25Cl5F8N4/c49-28-9-1-24(2-10-28)40-33-17-18-34(62-33)41(25-3-11-29(50)12-4-25)36-21-22-38(64-36)43(27-7-15-31(52)16-8-27)44-32(45(54,55)46(56,57)47(58,59)48(53,60)61)23-39(65-44)42(37-20-19-35(40)63-37)26-5-13-30(51)14-6-26/h1-23,63,65H. The van der Waals surface area contributed by atoms with Crippen molar-refractivity contribution in [3.8, 4) is 44.5 Å². The predicted octanol–water partition coefficient (Wildman–Crippen LogP) is 17.1. The van der Waals surface area contributed by atoms with E-state index in [1.165, 1.54) is 60.7 Å². The SMILES string of the molecule is FC(F)(Cl)C(F)(F)C(F)(F)C(F)(F)c1cc2[nH]c1c(-c1ccc(Cl)cc1)c1nc(c(-c3ccc(Cl)cc3)c3nc(c(-c4ccc(Cl)cc4)c4ccc([nH]4)c2-c2ccc(Cl)cc2)C=C3)C=C1. The van der Waals surface area contributed by atoms with Gasteiger partial charge in [-0.2, -0.15) is 35.1 Å². The van der Waals surface area contributed by atoms with E-state index in [9.17, 15) is 8.78 Å². The lowest BCUT2D eigenvalue weighted by atomic mass is 9.94. The van der Waals surface area contributed by atoms with Gasteiger partial charge < -0.3 is 9.97 Å². The molecule has 2 aliphatic rings. The molecule has 2 aliphatic heterocycles. The molecule has 0 radical (unpaired) electrons. The highest BCUT2D eigenvalue weighted by Crippen LogP contribution is 2.59. The van der Waals surface area contributed by atoms with Crippen LogP contribution in [0.1, 0.15) is 28.3 Å². The number of rotatable bonds is 8. The van der Waals surface area contributed by atoms with Crippen molar-refractivity contribution in [3.63, 3.8) is 0 Å². The maximum Gasteiger partial charge on any atom is 0.393 e. The zero-order valence-corrected chi connectivity index (χ0v) is 36.4. The third-order valence-corrected chi connectivity index (χ3v) is 12.1. The summed E-state index contributed by atoms with van der Waals surface area (Å²) < 4.78 is 124.